The standard InChI is InChI=1S/C16H18N2O6/c1-10(24-16(21)14-9-22-7-8-23-14)15(20)18-13-5-3-12(4-6-13)17-11(2)19/h3-6,9-10H,7-8H2,1-2H3,(H,17,19)(H,18,20)/t10-/m1/s1. The maximum Gasteiger partial charge on any atom is 0.377 e. The molecule has 0 fully saturated rings. The molecule has 0 spiro atoms. The van der Waals surface area contributed by atoms with Crippen LogP contribution in [0.25, 0.3) is 0 Å². The average molecular weight is 334 g/mol. The van der Waals surface area contributed by atoms with E-state index in [0.717, 1.165) is 6.26 Å². The lowest BCUT2D eigenvalue weighted by Crippen LogP contribution is -2.31. The zero-order chi connectivity index (χ0) is 17.5. The van der Waals surface area contributed by atoms with E-state index in [1.807, 2.05) is 0 Å². The molecule has 8 nitrogen and oxygen atoms in total. The van der Waals surface area contributed by atoms with Crippen molar-refractivity contribution in [1.29, 1.82) is 0 Å². The lowest BCUT2D eigenvalue weighted by atomic mass is 10.2. The van der Waals surface area contributed by atoms with Gasteiger partial charge >= 0.3 is 5.97 Å². The highest BCUT2D eigenvalue weighted by Gasteiger charge is 2.23. The van der Waals surface area contributed by atoms with Gasteiger partial charge in [0.1, 0.15) is 19.5 Å². The van der Waals surface area contributed by atoms with Crippen LogP contribution >= 0.6 is 0 Å². The Balaban J connectivity index is 1.87. The van der Waals surface area contributed by atoms with Gasteiger partial charge in [0, 0.05) is 18.3 Å². The van der Waals surface area contributed by atoms with Gasteiger partial charge in [-0.1, -0.05) is 0 Å². The van der Waals surface area contributed by atoms with Crippen LogP contribution in [-0.4, -0.2) is 37.1 Å². The van der Waals surface area contributed by atoms with E-state index in [0.29, 0.717) is 18.0 Å². The van der Waals surface area contributed by atoms with Crippen molar-refractivity contribution in [2.45, 2.75) is 20.0 Å². The van der Waals surface area contributed by atoms with Gasteiger partial charge in [0.05, 0.1) is 0 Å². The summed E-state index contributed by atoms with van der Waals surface area (Å²) in [5.41, 5.74) is 1.12. The van der Waals surface area contributed by atoms with Crippen LogP contribution in [0.15, 0.2) is 36.3 Å². The van der Waals surface area contributed by atoms with Gasteiger partial charge in [-0.25, -0.2) is 4.79 Å². The number of ether oxygens (including phenoxy) is 3. The number of benzene rings is 1. The average Bonchev–Trinajstić information content (AvgIpc) is 2.56. The van der Waals surface area contributed by atoms with Crippen LogP contribution in [0.2, 0.25) is 0 Å². The zero-order valence-electron chi connectivity index (χ0n) is 13.3. The van der Waals surface area contributed by atoms with Gasteiger partial charge in [-0.05, 0) is 31.2 Å². The van der Waals surface area contributed by atoms with Crippen molar-refractivity contribution in [2.24, 2.45) is 0 Å². The second-order valence-electron chi connectivity index (χ2n) is 5.00. The Labute approximate surface area is 138 Å². The maximum absolute atomic E-state index is 12.0. The van der Waals surface area contributed by atoms with Gasteiger partial charge in [-0.15, -0.1) is 0 Å². The lowest BCUT2D eigenvalue weighted by molar-refractivity contribution is -0.153. The Kier molecular flexibility index (Phi) is 5.78. The minimum Gasteiger partial charge on any atom is -0.493 e. The van der Waals surface area contributed by atoms with Gasteiger partial charge in [-0.3, -0.25) is 9.59 Å². The Morgan fingerprint density at radius 3 is 2.25 bits per heavy atom. The van der Waals surface area contributed by atoms with Crippen molar-refractivity contribution in [3.05, 3.63) is 36.3 Å². The number of hydrogen-bond acceptors (Lipinski definition) is 6. The molecule has 8 heteroatoms. The molecular weight excluding hydrogens is 316 g/mol. The topological polar surface area (TPSA) is 103 Å². The second kappa shape index (κ2) is 8.00. The fourth-order valence-corrected chi connectivity index (χ4v) is 1.83. The van der Waals surface area contributed by atoms with E-state index in [-0.39, 0.29) is 18.3 Å². The van der Waals surface area contributed by atoms with Crippen molar-refractivity contribution in [2.75, 3.05) is 23.8 Å². The number of amides is 2. The molecule has 1 aliphatic heterocycles. The Hall–Kier alpha value is -3.03. The van der Waals surface area contributed by atoms with Gasteiger partial charge < -0.3 is 24.8 Å². The third-order valence-corrected chi connectivity index (χ3v) is 2.98. The van der Waals surface area contributed by atoms with Gasteiger partial charge in [-0.2, -0.15) is 0 Å². The molecule has 24 heavy (non-hydrogen) atoms. The highest BCUT2D eigenvalue weighted by atomic mass is 16.6. The molecule has 0 saturated heterocycles. The number of carbonyl (C=O) groups excluding carboxylic acids is 3. The Bertz CT molecular complexity index is 653. The molecule has 2 N–H and O–H groups in total. The van der Waals surface area contributed by atoms with Crippen LogP contribution < -0.4 is 10.6 Å². The van der Waals surface area contributed by atoms with Crippen LogP contribution in [0, 0.1) is 0 Å². The quantitative estimate of drug-likeness (QED) is 0.789. The van der Waals surface area contributed by atoms with Crippen molar-refractivity contribution < 1.29 is 28.6 Å². The van der Waals surface area contributed by atoms with Crippen molar-refractivity contribution in [3.8, 4) is 0 Å². The van der Waals surface area contributed by atoms with Gasteiger partial charge in [0.25, 0.3) is 5.91 Å². The summed E-state index contributed by atoms with van der Waals surface area (Å²) in [7, 11) is 0. The van der Waals surface area contributed by atoms with Crippen LogP contribution in [0.3, 0.4) is 0 Å². The molecule has 2 rings (SSSR count). The van der Waals surface area contributed by atoms with Crippen molar-refractivity contribution in [3.63, 3.8) is 0 Å². The summed E-state index contributed by atoms with van der Waals surface area (Å²) in [6.07, 6.45) is 0.149. The number of rotatable bonds is 5. The first-order valence-corrected chi connectivity index (χ1v) is 7.30. The number of carbonyl (C=O) groups is 3. The Morgan fingerprint density at radius 1 is 1.08 bits per heavy atom. The summed E-state index contributed by atoms with van der Waals surface area (Å²) < 4.78 is 15.1. The first-order valence-electron chi connectivity index (χ1n) is 7.30. The molecule has 1 aromatic rings. The molecule has 0 saturated carbocycles. The molecule has 0 unspecified atom stereocenters. The highest BCUT2D eigenvalue weighted by molar-refractivity contribution is 5.97. The van der Waals surface area contributed by atoms with E-state index >= 15 is 0 Å². The van der Waals surface area contributed by atoms with Crippen LogP contribution in [0.1, 0.15) is 13.8 Å². The third kappa shape index (κ3) is 5.01. The molecule has 128 valence electrons. The van der Waals surface area contributed by atoms with E-state index < -0.39 is 18.0 Å². The molecule has 2 amide bonds. The van der Waals surface area contributed by atoms with Gasteiger partial charge in [0.2, 0.25) is 11.7 Å². The number of anilines is 2. The summed E-state index contributed by atoms with van der Waals surface area (Å²) >= 11 is 0. The van der Waals surface area contributed by atoms with Crippen LogP contribution in [0.5, 0.6) is 0 Å². The fraction of sp³-hybridized carbons (Fsp3) is 0.312. The normalized spacial score (nSPS) is 14.3. The monoisotopic (exact) mass is 334 g/mol. The van der Waals surface area contributed by atoms with Crippen LogP contribution in [-0.2, 0) is 28.6 Å². The maximum atomic E-state index is 12.0. The summed E-state index contributed by atoms with van der Waals surface area (Å²) in [5, 5.41) is 5.23. The first kappa shape index (κ1) is 17.3. The lowest BCUT2D eigenvalue weighted by Gasteiger charge is -2.17. The molecule has 1 aromatic carbocycles. The molecule has 1 atom stereocenters. The molecular formula is C16H18N2O6. The predicted molar refractivity (Wildman–Crippen MR) is 84.9 cm³/mol. The molecule has 1 heterocycles. The molecule has 0 aromatic heterocycles. The Morgan fingerprint density at radius 2 is 1.71 bits per heavy atom. The zero-order valence-corrected chi connectivity index (χ0v) is 13.3. The molecule has 0 bridgehead atoms. The SMILES string of the molecule is CC(=O)Nc1ccc(NC(=O)[C@@H](C)OC(=O)C2=COCCO2)cc1. The van der Waals surface area contributed by atoms with E-state index in [4.69, 9.17) is 14.2 Å². The molecule has 1 aliphatic rings. The summed E-state index contributed by atoms with van der Waals surface area (Å²) in [5.74, 6) is -1.51. The molecule has 0 aliphatic carbocycles. The van der Waals surface area contributed by atoms with Crippen LogP contribution in [0.4, 0.5) is 11.4 Å². The van der Waals surface area contributed by atoms with E-state index in [2.05, 4.69) is 10.6 Å². The second-order valence-corrected chi connectivity index (χ2v) is 5.00. The number of hydrogen-bond donors (Lipinski definition) is 2. The summed E-state index contributed by atoms with van der Waals surface area (Å²) in [4.78, 5) is 34.8. The number of nitrogens with one attached hydrogen (secondary N) is 2. The minimum absolute atomic E-state index is 0.0689. The van der Waals surface area contributed by atoms with E-state index in [1.54, 1.807) is 24.3 Å². The largest absolute Gasteiger partial charge is 0.493 e. The number of esters is 1. The third-order valence-electron chi connectivity index (χ3n) is 2.98. The van der Waals surface area contributed by atoms with E-state index in [1.165, 1.54) is 13.8 Å². The minimum atomic E-state index is -1.01. The van der Waals surface area contributed by atoms with E-state index in [9.17, 15) is 14.4 Å². The highest BCUT2D eigenvalue weighted by Crippen LogP contribution is 2.14. The van der Waals surface area contributed by atoms with Crippen molar-refractivity contribution in [1.82, 2.24) is 0 Å². The first-order chi connectivity index (χ1) is 11.5. The summed E-state index contributed by atoms with van der Waals surface area (Å²) in [6, 6.07) is 6.54. The van der Waals surface area contributed by atoms with Crippen molar-refractivity contribution >= 4 is 29.2 Å². The molecule has 0 radical (unpaired) electrons. The fourth-order valence-electron chi connectivity index (χ4n) is 1.83. The predicted octanol–water partition coefficient (Wildman–Crippen LogP) is 1.40. The van der Waals surface area contributed by atoms with Gasteiger partial charge in [0.15, 0.2) is 6.10 Å². The smallest absolute Gasteiger partial charge is 0.377 e. The summed E-state index contributed by atoms with van der Waals surface area (Å²) in [6.45, 7) is 3.47.